The highest BCUT2D eigenvalue weighted by Gasteiger charge is 2.17. The number of nitrogens with one attached hydrogen (secondary N) is 1. The number of hydrogen-bond donors (Lipinski definition) is 2. The summed E-state index contributed by atoms with van der Waals surface area (Å²) >= 11 is 11.6. The van der Waals surface area contributed by atoms with Crippen molar-refractivity contribution in [2.24, 2.45) is 11.7 Å². The number of ether oxygens (including phenoxy) is 1. The quantitative estimate of drug-likeness (QED) is 0.815. The molecule has 0 heterocycles. The average Bonchev–Trinajstić information content (AvgIpc) is 2.38. The summed E-state index contributed by atoms with van der Waals surface area (Å²) in [5.74, 6) is -0.887. The number of carbonyl (C=O) groups is 1. The summed E-state index contributed by atoms with van der Waals surface area (Å²) in [4.78, 5) is 11.6. The molecular weight excluding hydrogens is 348 g/mol. The van der Waals surface area contributed by atoms with Crippen molar-refractivity contribution in [2.75, 3.05) is 6.54 Å². The van der Waals surface area contributed by atoms with Crippen LogP contribution < -0.4 is 15.8 Å². The molecule has 0 spiro atoms. The molecule has 0 radical (unpaired) electrons. The van der Waals surface area contributed by atoms with Crippen LogP contribution in [0.5, 0.6) is 5.75 Å². The van der Waals surface area contributed by atoms with Gasteiger partial charge in [-0.05, 0) is 12.1 Å². The minimum atomic E-state index is -3.02. The molecule has 0 aliphatic rings. The Balaban J connectivity index is 0.00000400. The summed E-state index contributed by atoms with van der Waals surface area (Å²) in [5.41, 5.74) is 5.62. The lowest BCUT2D eigenvalue weighted by atomic mass is 10.1. The number of nitrogens with two attached hydrogens (primary N) is 1. The van der Waals surface area contributed by atoms with E-state index < -0.39 is 6.61 Å². The second-order valence-electron chi connectivity index (χ2n) is 4.11. The summed E-state index contributed by atoms with van der Waals surface area (Å²) in [6, 6.07) is 2.69. The average molecular weight is 364 g/mol. The van der Waals surface area contributed by atoms with Crippen molar-refractivity contribution in [3.05, 3.63) is 27.7 Å². The topological polar surface area (TPSA) is 64.4 Å². The summed E-state index contributed by atoms with van der Waals surface area (Å²) in [6.45, 7) is -1.23. The summed E-state index contributed by atoms with van der Waals surface area (Å²) < 4.78 is 29.0. The van der Waals surface area contributed by atoms with Gasteiger partial charge in [0.15, 0.2) is 0 Å². The van der Waals surface area contributed by atoms with E-state index in [1.807, 2.05) is 0 Å². The van der Waals surface area contributed by atoms with Gasteiger partial charge >= 0.3 is 6.61 Å². The maximum atomic E-state index is 12.3. The monoisotopic (exact) mass is 362 g/mol. The first-order valence-corrected chi connectivity index (χ1v) is 6.51. The molecule has 120 valence electrons. The van der Waals surface area contributed by atoms with Crippen molar-refractivity contribution in [1.29, 1.82) is 0 Å². The molecule has 3 N–H and O–H groups in total. The van der Waals surface area contributed by atoms with Crippen LogP contribution in [0.4, 0.5) is 8.78 Å². The smallest absolute Gasteiger partial charge is 0.387 e. The van der Waals surface area contributed by atoms with E-state index in [1.165, 1.54) is 12.1 Å². The number of carbonyl (C=O) groups excluding carboxylic acids is 1. The molecule has 0 saturated carbocycles. The molecule has 1 unspecified atom stereocenters. The van der Waals surface area contributed by atoms with Crippen LogP contribution in [-0.4, -0.2) is 19.1 Å². The molecule has 0 bridgehead atoms. The normalized spacial score (nSPS) is 11.8. The summed E-state index contributed by atoms with van der Waals surface area (Å²) in [5, 5.41) is 2.77. The van der Waals surface area contributed by atoms with Gasteiger partial charge in [-0.2, -0.15) is 8.78 Å². The van der Waals surface area contributed by atoms with E-state index in [9.17, 15) is 13.6 Å². The fourth-order valence-corrected chi connectivity index (χ4v) is 2.01. The van der Waals surface area contributed by atoms with Crippen LogP contribution in [0.3, 0.4) is 0 Å². The Morgan fingerprint density at radius 2 is 2.05 bits per heavy atom. The van der Waals surface area contributed by atoms with E-state index in [0.717, 1.165) is 0 Å². The van der Waals surface area contributed by atoms with Crippen molar-refractivity contribution >= 4 is 41.5 Å². The van der Waals surface area contributed by atoms with Crippen LogP contribution >= 0.6 is 35.6 Å². The van der Waals surface area contributed by atoms with Gasteiger partial charge in [0, 0.05) is 29.6 Å². The Morgan fingerprint density at radius 3 is 2.57 bits per heavy atom. The maximum Gasteiger partial charge on any atom is 0.387 e. The molecule has 0 aliphatic heterocycles. The van der Waals surface area contributed by atoms with Crippen LogP contribution in [-0.2, 0) is 11.3 Å². The van der Waals surface area contributed by atoms with Crippen molar-refractivity contribution in [3.63, 3.8) is 0 Å². The SMILES string of the molecule is CC(CN)C(=O)NCc1cc(Cl)cc(Cl)c1OC(F)F.Cl. The van der Waals surface area contributed by atoms with Crippen LogP contribution in [0, 0.1) is 5.92 Å². The lowest BCUT2D eigenvalue weighted by Crippen LogP contribution is -2.32. The van der Waals surface area contributed by atoms with Crippen molar-refractivity contribution in [1.82, 2.24) is 5.32 Å². The van der Waals surface area contributed by atoms with Gasteiger partial charge in [-0.3, -0.25) is 4.79 Å². The van der Waals surface area contributed by atoms with Gasteiger partial charge in [-0.1, -0.05) is 30.1 Å². The zero-order valence-corrected chi connectivity index (χ0v) is 13.4. The van der Waals surface area contributed by atoms with Crippen LogP contribution in [0.1, 0.15) is 12.5 Å². The molecule has 1 amide bonds. The Bertz CT molecular complexity index is 490. The van der Waals surface area contributed by atoms with Gasteiger partial charge in [0.1, 0.15) is 5.75 Å². The predicted octanol–water partition coefficient (Wildman–Crippen LogP) is 3.23. The van der Waals surface area contributed by atoms with Gasteiger partial charge in [0.05, 0.1) is 5.02 Å². The molecule has 1 aromatic carbocycles. The van der Waals surface area contributed by atoms with E-state index >= 15 is 0 Å². The predicted molar refractivity (Wildman–Crippen MR) is 80.4 cm³/mol. The highest BCUT2D eigenvalue weighted by Crippen LogP contribution is 2.33. The molecule has 9 heteroatoms. The van der Waals surface area contributed by atoms with Crippen LogP contribution in [0.2, 0.25) is 10.0 Å². The molecule has 1 aromatic rings. The zero-order chi connectivity index (χ0) is 15.3. The van der Waals surface area contributed by atoms with Gasteiger partial charge in [0.2, 0.25) is 5.91 Å². The second-order valence-corrected chi connectivity index (χ2v) is 4.95. The van der Waals surface area contributed by atoms with E-state index in [2.05, 4.69) is 10.1 Å². The fraction of sp³-hybridized carbons (Fsp3) is 0.417. The fourth-order valence-electron chi connectivity index (χ4n) is 1.43. The molecule has 1 rings (SSSR count). The van der Waals surface area contributed by atoms with E-state index in [0.29, 0.717) is 0 Å². The van der Waals surface area contributed by atoms with E-state index in [1.54, 1.807) is 6.92 Å². The van der Waals surface area contributed by atoms with Gasteiger partial charge in [0.25, 0.3) is 0 Å². The van der Waals surface area contributed by atoms with E-state index in [4.69, 9.17) is 28.9 Å². The molecule has 0 saturated heterocycles. The summed E-state index contributed by atoms with van der Waals surface area (Å²) in [7, 11) is 0. The molecule has 21 heavy (non-hydrogen) atoms. The van der Waals surface area contributed by atoms with Gasteiger partial charge in [-0.15, -0.1) is 12.4 Å². The third-order valence-electron chi connectivity index (χ3n) is 2.55. The molecule has 0 aliphatic carbocycles. The highest BCUT2D eigenvalue weighted by atomic mass is 35.5. The molecule has 0 aromatic heterocycles. The number of rotatable bonds is 6. The summed E-state index contributed by atoms with van der Waals surface area (Å²) in [6.07, 6.45) is 0. The van der Waals surface area contributed by atoms with Crippen molar-refractivity contribution < 1.29 is 18.3 Å². The Labute approximate surface area is 137 Å². The first kappa shape index (κ1) is 20.2. The molecule has 0 fully saturated rings. The Kier molecular flexibility index (Phi) is 8.89. The lowest BCUT2D eigenvalue weighted by Gasteiger charge is -2.15. The maximum absolute atomic E-state index is 12.3. The van der Waals surface area contributed by atoms with Gasteiger partial charge in [-0.25, -0.2) is 0 Å². The molecular formula is C12H15Cl3F2N2O2. The highest BCUT2D eigenvalue weighted by molar-refractivity contribution is 6.35. The third-order valence-corrected chi connectivity index (χ3v) is 3.05. The number of benzene rings is 1. The second kappa shape index (κ2) is 9.25. The van der Waals surface area contributed by atoms with Crippen molar-refractivity contribution in [3.8, 4) is 5.75 Å². The van der Waals surface area contributed by atoms with Crippen LogP contribution in [0.25, 0.3) is 0 Å². The van der Waals surface area contributed by atoms with Crippen molar-refractivity contribution in [2.45, 2.75) is 20.1 Å². The zero-order valence-electron chi connectivity index (χ0n) is 11.0. The Hall–Kier alpha value is -0.820. The minimum Gasteiger partial charge on any atom is -0.433 e. The van der Waals surface area contributed by atoms with Gasteiger partial charge < -0.3 is 15.8 Å². The molecule has 1 atom stereocenters. The number of alkyl halides is 2. The van der Waals surface area contributed by atoms with E-state index in [-0.39, 0.29) is 58.7 Å². The minimum absolute atomic E-state index is 0. The Morgan fingerprint density at radius 1 is 1.43 bits per heavy atom. The lowest BCUT2D eigenvalue weighted by molar-refractivity contribution is -0.124. The standard InChI is InChI=1S/C12H14Cl2F2N2O2.ClH/c1-6(4-17)11(19)18-5-7-2-8(13)3-9(14)10(7)20-12(15)16;/h2-3,6,12H,4-5,17H2,1H3,(H,18,19);1H. The molecule has 4 nitrogen and oxygen atoms in total. The third kappa shape index (κ3) is 6.22. The van der Waals surface area contributed by atoms with Crippen LogP contribution in [0.15, 0.2) is 12.1 Å². The number of halogens is 5. The first-order valence-electron chi connectivity index (χ1n) is 5.75. The largest absolute Gasteiger partial charge is 0.433 e. The first-order chi connectivity index (χ1) is 9.35. The number of amides is 1. The number of hydrogen-bond acceptors (Lipinski definition) is 3.